The lowest BCUT2D eigenvalue weighted by Crippen LogP contribution is -2.11. The summed E-state index contributed by atoms with van der Waals surface area (Å²) in [7, 11) is 3.82. The minimum Gasteiger partial charge on any atom is -0.457 e. The van der Waals surface area contributed by atoms with Crippen molar-refractivity contribution in [1.29, 1.82) is 0 Å². The van der Waals surface area contributed by atoms with Gasteiger partial charge in [-0.2, -0.15) is 0 Å². The summed E-state index contributed by atoms with van der Waals surface area (Å²) < 4.78 is 10.9. The average molecular weight is 373 g/mol. The van der Waals surface area contributed by atoms with Crippen molar-refractivity contribution in [3.05, 3.63) is 88.3 Å². The molecule has 0 N–H and O–H groups in total. The SMILES string of the molecule is CN(C)c1cccc(C(=O)OCc2cc(=O)oc3ccc4ccccc4c23)c1. The van der Waals surface area contributed by atoms with Crippen molar-refractivity contribution in [2.24, 2.45) is 0 Å². The van der Waals surface area contributed by atoms with E-state index in [2.05, 4.69) is 0 Å². The number of fused-ring (bicyclic) bond motifs is 3. The summed E-state index contributed by atoms with van der Waals surface area (Å²) in [6.45, 7) is -0.0128. The van der Waals surface area contributed by atoms with Crippen molar-refractivity contribution >= 4 is 33.4 Å². The van der Waals surface area contributed by atoms with Gasteiger partial charge >= 0.3 is 11.6 Å². The standard InChI is InChI=1S/C23H19NO4/c1-24(2)18-8-5-7-16(12-18)23(26)27-14-17-13-21(25)28-20-11-10-15-6-3-4-9-19(15)22(17)20/h3-13H,14H2,1-2H3. The molecule has 0 saturated heterocycles. The molecule has 0 fully saturated rings. The molecule has 0 aliphatic rings. The van der Waals surface area contributed by atoms with Crippen LogP contribution in [0.1, 0.15) is 15.9 Å². The number of ether oxygens (including phenoxy) is 1. The van der Waals surface area contributed by atoms with Gasteiger partial charge in [0.25, 0.3) is 0 Å². The van der Waals surface area contributed by atoms with E-state index in [9.17, 15) is 9.59 Å². The van der Waals surface area contributed by atoms with Crippen molar-refractivity contribution in [1.82, 2.24) is 0 Å². The van der Waals surface area contributed by atoms with E-state index in [1.54, 1.807) is 18.2 Å². The van der Waals surface area contributed by atoms with E-state index in [-0.39, 0.29) is 6.61 Å². The molecule has 3 aromatic carbocycles. The lowest BCUT2D eigenvalue weighted by Gasteiger charge is -2.13. The highest BCUT2D eigenvalue weighted by Crippen LogP contribution is 2.28. The van der Waals surface area contributed by atoms with Crippen molar-refractivity contribution in [3.8, 4) is 0 Å². The van der Waals surface area contributed by atoms with Crippen LogP contribution in [0.3, 0.4) is 0 Å². The highest BCUT2D eigenvalue weighted by Gasteiger charge is 2.13. The molecule has 0 radical (unpaired) electrons. The monoisotopic (exact) mass is 373 g/mol. The Labute approximate surface area is 161 Å². The predicted octanol–water partition coefficient (Wildman–Crippen LogP) is 4.37. The lowest BCUT2D eigenvalue weighted by molar-refractivity contribution is 0.0474. The van der Waals surface area contributed by atoms with Crippen LogP contribution in [0.4, 0.5) is 5.69 Å². The van der Waals surface area contributed by atoms with Crippen LogP contribution in [0, 0.1) is 0 Å². The van der Waals surface area contributed by atoms with Gasteiger partial charge in [-0.25, -0.2) is 9.59 Å². The number of hydrogen-bond donors (Lipinski definition) is 0. The maximum absolute atomic E-state index is 12.5. The maximum atomic E-state index is 12.5. The molecule has 0 amide bonds. The second-order valence-corrected chi connectivity index (χ2v) is 6.77. The minimum atomic E-state index is -0.469. The Hall–Kier alpha value is -3.60. The molecule has 140 valence electrons. The van der Waals surface area contributed by atoms with Crippen LogP contribution in [0.2, 0.25) is 0 Å². The fourth-order valence-corrected chi connectivity index (χ4v) is 3.27. The van der Waals surface area contributed by atoms with Crippen LogP contribution < -0.4 is 10.5 Å². The highest BCUT2D eigenvalue weighted by molar-refractivity contribution is 6.07. The maximum Gasteiger partial charge on any atom is 0.338 e. The second kappa shape index (κ2) is 7.19. The molecular weight excluding hydrogens is 354 g/mol. The average Bonchev–Trinajstić information content (AvgIpc) is 2.71. The summed E-state index contributed by atoms with van der Waals surface area (Å²) in [5.41, 5.74) is 2.00. The summed E-state index contributed by atoms with van der Waals surface area (Å²) in [4.78, 5) is 26.4. The van der Waals surface area contributed by atoms with Gasteiger partial charge in [0.15, 0.2) is 0 Å². The molecule has 1 heterocycles. The Morgan fingerprint density at radius 3 is 2.64 bits per heavy atom. The van der Waals surface area contributed by atoms with Gasteiger partial charge in [-0.05, 0) is 35.0 Å². The Bertz CT molecular complexity index is 1240. The topological polar surface area (TPSA) is 59.8 Å². The predicted molar refractivity (Wildman–Crippen MR) is 110 cm³/mol. The molecule has 0 bridgehead atoms. The number of benzene rings is 3. The Morgan fingerprint density at radius 1 is 1.00 bits per heavy atom. The number of nitrogens with zero attached hydrogens (tertiary/aromatic N) is 1. The first kappa shape index (κ1) is 17.8. The first-order chi connectivity index (χ1) is 13.5. The third-order valence-electron chi connectivity index (χ3n) is 4.67. The van der Waals surface area contributed by atoms with Crippen LogP contribution in [0.5, 0.6) is 0 Å². The molecule has 4 aromatic rings. The smallest absolute Gasteiger partial charge is 0.338 e. The third-order valence-corrected chi connectivity index (χ3v) is 4.67. The molecule has 0 spiro atoms. The lowest BCUT2D eigenvalue weighted by atomic mass is 10.0. The van der Waals surface area contributed by atoms with Gasteiger partial charge in [-0.3, -0.25) is 0 Å². The number of carbonyl (C=O) groups is 1. The van der Waals surface area contributed by atoms with Crippen LogP contribution in [0.15, 0.2) is 75.9 Å². The van der Waals surface area contributed by atoms with E-state index >= 15 is 0 Å². The quantitative estimate of drug-likeness (QED) is 0.302. The highest BCUT2D eigenvalue weighted by atomic mass is 16.5. The number of esters is 1. The van der Waals surface area contributed by atoms with Gasteiger partial charge in [0.05, 0.1) is 5.56 Å². The molecule has 0 atom stereocenters. The molecule has 0 saturated carbocycles. The van der Waals surface area contributed by atoms with Crippen LogP contribution in [-0.2, 0) is 11.3 Å². The number of anilines is 1. The van der Waals surface area contributed by atoms with E-state index in [4.69, 9.17) is 9.15 Å². The summed E-state index contributed by atoms with van der Waals surface area (Å²) in [6.07, 6.45) is 0. The molecule has 5 nitrogen and oxygen atoms in total. The Kier molecular flexibility index (Phi) is 4.57. The van der Waals surface area contributed by atoms with E-state index in [1.165, 1.54) is 6.07 Å². The van der Waals surface area contributed by atoms with Gasteiger partial charge in [-0.15, -0.1) is 0 Å². The van der Waals surface area contributed by atoms with E-state index in [1.807, 2.05) is 61.5 Å². The normalized spacial score (nSPS) is 10.9. The first-order valence-corrected chi connectivity index (χ1v) is 8.92. The molecule has 0 aliphatic carbocycles. The van der Waals surface area contributed by atoms with Gasteiger partial charge in [0.1, 0.15) is 12.2 Å². The third kappa shape index (κ3) is 3.34. The van der Waals surface area contributed by atoms with Crippen molar-refractivity contribution < 1.29 is 13.9 Å². The summed E-state index contributed by atoms with van der Waals surface area (Å²) >= 11 is 0. The first-order valence-electron chi connectivity index (χ1n) is 8.92. The zero-order chi connectivity index (χ0) is 19.7. The van der Waals surface area contributed by atoms with E-state index in [0.717, 1.165) is 21.8 Å². The summed E-state index contributed by atoms with van der Waals surface area (Å²) in [6, 6.07) is 20.1. The second-order valence-electron chi connectivity index (χ2n) is 6.77. The molecular formula is C23H19NO4. The van der Waals surface area contributed by atoms with E-state index in [0.29, 0.717) is 16.7 Å². The van der Waals surface area contributed by atoms with Crippen LogP contribution in [0.25, 0.3) is 21.7 Å². The zero-order valence-corrected chi connectivity index (χ0v) is 15.6. The van der Waals surface area contributed by atoms with Crippen molar-refractivity contribution in [2.75, 3.05) is 19.0 Å². The largest absolute Gasteiger partial charge is 0.457 e. The van der Waals surface area contributed by atoms with Gasteiger partial charge in [-0.1, -0.05) is 36.4 Å². The molecule has 0 unspecified atom stereocenters. The molecule has 1 aromatic heterocycles. The summed E-state index contributed by atoms with van der Waals surface area (Å²) in [5.74, 6) is -0.440. The fraction of sp³-hybridized carbons (Fsp3) is 0.130. The molecule has 0 aliphatic heterocycles. The van der Waals surface area contributed by atoms with Crippen LogP contribution in [-0.4, -0.2) is 20.1 Å². The van der Waals surface area contributed by atoms with Crippen molar-refractivity contribution in [2.45, 2.75) is 6.61 Å². The zero-order valence-electron chi connectivity index (χ0n) is 15.6. The van der Waals surface area contributed by atoms with Crippen LogP contribution >= 0.6 is 0 Å². The summed E-state index contributed by atoms with van der Waals surface area (Å²) in [5, 5.41) is 2.76. The Balaban J connectivity index is 1.70. The van der Waals surface area contributed by atoms with Gasteiger partial charge in [0, 0.05) is 36.8 Å². The number of hydrogen-bond acceptors (Lipinski definition) is 5. The Morgan fingerprint density at radius 2 is 1.82 bits per heavy atom. The van der Waals surface area contributed by atoms with Gasteiger partial charge < -0.3 is 14.1 Å². The molecule has 4 rings (SSSR count). The number of carbonyl (C=O) groups excluding carboxylic acids is 1. The van der Waals surface area contributed by atoms with E-state index < -0.39 is 11.6 Å². The van der Waals surface area contributed by atoms with Crippen molar-refractivity contribution in [3.63, 3.8) is 0 Å². The van der Waals surface area contributed by atoms with Gasteiger partial charge in [0.2, 0.25) is 0 Å². The molecule has 28 heavy (non-hydrogen) atoms. The minimum absolute atomic E-state index is 0.0128. The number of rotatable bonds is 4. The fourth-order valence-electron chi connectivity index (χ4n) is 3.27. The molecule has 5 heteroatoms.